The molecule has 1 atom stereocenters. The Morgan fingerprint density at radius 1 is 1.30 bits per heavy atom. The Labute approximate surface area is 119 Å². The van der Waals surface area contributed by atoms with Crippen molar-refractivity contribution in [3.8, 4) is 0 Å². The third-order valence-electron chi connectivity index (χ3n) is 3.89. The lowest BCUT2D eigenvalue weighted by atomic mass is 9.87. The maximum Gasteiger partial charge on any atom is 0.130 e. The number of fused-ring (bicyclic) bond motifs is 1. The van der Waals surface area contributed by atoms with E-state index < -0.39 is 0 Å². The second-order valence-electron chi connectivity index (χ2n) is 5.30. The summed E-state index contributed by atoms with van der Waals surface area (Å²) in [5, 5.41) is 3.54. The number of hydrogen-bond donors (Lipinski definition) is 2. The van der Waals surface area contributed by atoms with E-state index in [-0.39, 0.29) is 0 Å². The molecular formula is C16H20N4. The van der Waals surface area contributed by atoms with Crippen molar-refractivity contribution in [3.63, 3.8) is 0 Å². The third-order valence-corrected chi connectivity index (χ3v) is 3.89. The molecule has 1 aliphatic rings. The molecule has 0 saturated carbocycles. The lowest BCUT2D eigenvalue weighted by Crippen LogP contribution is -2.18. The molecule has 0 radical (unpaired) electrons. The van der Waals surface area contributed by atoms with Gasteiger partial charge in [0, 0.05) is 17.4 Å². The van der Waals surface area contributed by atoms with Gasteiger partial charge in [-0.2, -0.15) is 0 Å². The zero-order valence-corrected chi connectivity index (χ0v) is 11.8. The molecule has 4 heteroatoms. The van der Waals surface area contributed by atoms with Crippen molar-refractivity contribution in [3.05, 3.63) is 47.4 Å². The van der Waals surface area contributed by atoms with Crippen molar-refractivity contribution in [2.75, 3.05) is 11.1 Å². The summed E-state index contributed by atoms with van der Waals surface area (Å²) in [6, 6.07) is 8.57. The van der Waals surface area contributed by atoms with Gasteiger partial charge in [0.05, 0.1) is 6.04 Å². The van der Waals surface area contributed by atoms with Crippen molar-refractivity contribution in [2.45, 2.75) is 38.6 Å². The molecule has 3 N–H and O–H groups in total. The Kier molecular flexibility index (Phi) is 3.54. The van der Waals surface area contributed by atoms with E-state index in [0.29, 0.717) is 6.04 Å². The fraction of sp³-hybridized carbons (Fsp3) is 0.375. The number of aromatic nitrogens is 2. The first-order chi connectivity index (χ1) is 9.76. The van der Waals surface area contributed by atoms with Gasteiger partial charge in [-0.25, -0.2) is 9.97 Å². The van der Waals surface area contributed by atoms with E-state index >= 15 is 0 Å². The third kappa shape index (κ3) is 2.59. The molecule has 0 spiro atoms. The van der Waals surface area contributed by atoms with Crippen LogP contribution in [0.5, 0.6) is 0 Å². The Balaban J connectivity index is 1.85. The highest BCUT2D eigenvalue weighted by Gasteiger charge is 2.20. The van der Waals surface area contributed by atoms with E-state index in [1.165, 1.54) is 17.5 Å². The van der Waals surface area contributed by atoms with Crippen molar-refractivity contribution in [1.82, 2.24) is 9.97 Å². The summed E-state index contributed by atoms with van der Waals surface area (Å²) in [6.07, 6.45) is 5.98. The van der Waals surface area contributed by atoms with E-state index in [9.17, 15) is 0 Å². The normalized spacial score (nSPS) is 17.6. The van der Waals surface area contributed by atoms with Gasteiger partial charge in [-0.3, -0.25) is 0 Å². The van der Waals surface area contributed by atoms with Gasteiger partial charge in [-0.05, 0) is 48.9 Å². The first-order valence-electron chi connectivity index (χ1n) is 7.22. The molecule has 20 heavy (non-hydrogen) atoms. The van der Waals surface area contributed by atoms with Crippen LogP contribution >= 0.6 is 0 Å². The Hall–Kier alpha value is -2.10. The number of rotatable bonds is 3. The second kappa shape index (κ2) is 5.49. The monoisotopic (exact) mass is 268 g/mol. The molecule has 0 fully saturated rings. The number of hydrogen-bond acceptors (Lipinski definition) is 4. The summed E-state index contributed by atoms with van der Waals surface area (Å²) < 4.78 is 0. The molecule has 1 unspecified atom stereocenters. The largest absolute Gasteiger partial charge is 0.399 e. The first-order valence-corrected chi connectivity index (χ1v) is 7.22. The molecule has 2 aromatic rings. The Bertz CT molecular complexity index is 609. The Morgan fingerprint density at radius 3 is 3.05 bits per heavy atom. The van der Waals surface area contributed by atoms with E-state index in [1.54, 1.807) is 6.33 Å². The maximum absolute atomic E-state index is 5.88. The average molecular weight is 268 g/mol. The highest BCUT2D eigenvalue weighted by molar-refractivity contribution is 5.49. The smallest absolute Gasteiger partial charge is 0.130 e. The summed E-state index contributed by atoms with van der Waals surface area (Å²) in [5.74, 6) is 0.909. The van der Waals surface area contributed by atoms with E-state index in [4.69, 9.17) is 5.73 Å². The number of nitrogens with two attached hydrogens (primary N) is 1. The van der Waals surface area contributed by atoms with Crippen molar-refractivity contribution >= 4 is 11.5 Å². The number of anilines is 2. The maximum atomic E-state index is 5.88. The van der Waals surface area contributed by atoms with E-state index in [0.717, 1.165) is 36.5 Å². The molecule has 0 bridgehead atoms. The number of aryl methyl sites for hydroxylation is 2. The number of nitrogens with zero attached hydrogens (tertiary/aromatic N) is 2. The molecule has 1 heterocycles. The van der Waals surface area contributed by atoms with Crippen LogP contribution in [0.25, 0.3) is 0 Å². The minimum Gasteiger partial charge on any atom is -0.399 e. The van der Waals surface area contributed by atoms with Crippen LogP contribution in [-0.2, 0) is 12.8 Å². The molecule has 1 aliphatic carbocycles. The van der Waals surface area contributed by atoms with E-state index in [1.807, 2.05) is 12.1 Å². The highest BCUT2D eigenvalue weighted by atomic mass is 15.0. The van der Waals surface area contributed by atoms with Gasteiger partial charge in [0.15, 0.2) is 0 Å². The predicted octanol–water partition coefficient (Wildman–Crippen LogP) is 3.11. The lowest BCUT2D eigenvalue weighted by molar-refractivity contribution is 0.598. The quantitative estimate of drug-likeness (QED) is 0.840. The lowest BCUT2D eigenvalue weighted by Gasteiger charge is -2.27. The van der Waals surface area contributed by atoms with Crippen LogP contribution < -0.4 is 11.1 Å². The van der Waals surface area contributed by atoms with E-state index in [2.05, 4.69) is 34.3 Å². The molecule has 1 aromatic carbocycles. The van der Waals surface area contributed by atoms with Gasteiger partial charge in [-0.1, -0.05) is 13.0 Å². The first kappa shape index (κ1) is 12.9. The molecule has 0 saturated heterocycles. The van der Waals surface area contributed by atoms with Gasteiger partial charge in [0.2, 0.25) is 0 Å². The fourth-order valence-corrected chi connectivity index (χ4v) is 2.83. The topological polar surface area (TPSA) is 63.8 Å². The minimum atomic E-state index is 0.318. The summed E-state index contributed by atoms with van der Waals surface area (Å²) in [4.78, 5) is 8.56. The van der Waals surface area contributed by atoms with Gasteiger partial charge in [0.25, 0.3) is 0 Å². The average Bonchev–Trinajstić information content (AvgIpc) is 2.47. The SMILES string of the molecule is CCc1cc(NC2CCCc3cc(N)ccc32)ncn1. The zero-order chi connectivity index (χ0) is 13.9. The fourth-order valence-electron chi connectivity index (χ4n) is 2.83. The van der Waals surface area contributed by atoms with Crippen molar-refractivity contribution in [2.24, 2.45) is 0 Å². The van der Waals surface area contributed by atoms with Gasteiger partial charge < -0.3 is 11.1 Å². The number of nitrogens with one attached hydrogen (secondary N) is 1. The zero-order valence-electron chi connectivity index (χ0n) is 11.8. The van der Waals surface area contributed by atoms with Gasteiger partial charge in [-0.15, -0.1) is 0 Å². The van der Waals surface area contributed by atoms with Gasteiger partial charge in [0.1, 0.15) is 12.1 Å². The minimum absolute atomic E-state index is 0.318. The predicted molar refractivity (Wildman–Crippen MR) is 81.6 cm³/mol. The molecule has 0 aliphatic heterocycles. The van der Waals surface area contributed by atoms with Crippen LogP contribution in [0.3, 0.4) is 0 Å². The summed E-state index contributed by atoms with van der Waals surface area (Å²) >= 11 is 0. The van der Waals surface area contributed by atoms with Crippen LogP contribution in [-0.4, -0.2) is 9.97 Å². The van der Waals surface area contributed by atoms with Crippen LogP contribution in [0.4, 0.5) is 11.5 Å². The Morgan fingerprint density at radius 2 is 2.20 bits per heavy atom. The highest BCUT2D eigenvalue weighted by Crippen LogP contribution is 2.33. The number of nitrogen functional groups attached to an aromatic ring is 1. The summed E-state index contributed by atoms with van der Waals surface area (Å²) in [7, 11) is 0. The molecule has 4 nitrogen and oxygen atoms in total. The molecule has 3 rings (SSSR count). The molecule has 0 amide bonds. The molecule has 104 valence electrons. The van der Waals surface area contributed by atoms with Crippen LogP contribution in [0.2, 0.25) is 0 Å². The standard InChI is InChI=1S/C16H20N4/c1-2-13-9-16(19-10-18-13)20-15-5-3-4-11-8-12(17)6-7-14(11)15/h6-10,15H,2-5,17H2,1H3,(H,18,19,20). The van der Waals surface area contributed by atoms with Crippen LogP contribution in [0.1, 0.15) is 42.6 Å². The summed E-state index contributed by atoms with van der Waals surface area (Å²) in [5.41, 5.74) is 10.5. The van der Waals surface area contributed by atoms with Crippen LogP contribution in [0.15, 0.2) is 30.6 Å². The van der Waals surface area contributed by atoms with Crippen molar-refractivity contribution < 1.29 is 0 Å². The van der Waals surface area contributed by atoms with Gasteiger partial charge >= 0.3 is 0 Å². The van der Waals surface area contributed by atoms with Crippen molar-refractivity contribution in [1.29, 1.82) is 0 Å². The van der Waals surface area contributed by atoms with Crippen LogP contribution in [0, 0.1) is 0 Å². The molecular weight excluding hydrogens is 248 g/mol. The number of benzene rings is 1. The molecule has 1 aromatic heterocycles. The second-order valence-corrected chi connectivity index (χ2v) is 5.30. The summed E-state index contributed by atoms with van der Waals surface area (Å²) in [6.45, 7) is 2.10.